The zero-order valence-corrected chi connectivity index (χ0v) is 10.5. The van der Waals surface area contributed by atoms with Crippen LogP contribution < -0.4 is 16.0 Å². The Kier molecular flexibility index (Phi) is 3.59. The quantitative estimate of drug-likeness (QED) is 0.391. The number of aromatic nitrogens is 2. The van der Waals surface area contributed by atoms with E-state index < -0.39 is 36.3 Å². The summed E-state index contributed by atoms with van der Waals surface area (Å²) in [5.74, 6) is 0.179. The molecule has 1 aromatic rings. The van der Waals surface area contributed by atoms with Gasteiger partial charge in [-0.15, -0.1) is 0 Å². The number of rotatable bonds is 3. The van der Waals surface area contributed by atoms with E-state index in [0.717, 1.165) is 4.57 Å². The standard InChI is InChI=1S/C11H17N3O5/c1-2-11(18)8(16)6(5-15)19-9(11)14-4-3-7(12)13-10(14)17/h3-4,6,8-9,15-16,18H,2,5H2,1H3,(H2,12,13,17)/p+1/t6-,8-,9-,11+/m1/s1. The van der Waals surface area contributed by atoms with E-state index >= 15 is 0 Å². The fourth-order valence-corrected chi connectivity index (χ4v) is 2.30. The average molecular weight is 272 g/mol. The van der Waals surface area contributed by atoms with Gasteiger partial charge in [0.1, 0.15) is 18.4 Å². The first kappa shape index (κ1) is 13.9. The Labute approximate surface area is 109 Å². The highest BCUT2D eigenvalue weighted by molar-refractivity contribution is 5.21. The molecule has 4 atom stereocenters. The first-order chi connectivity index (χ1) is 8.93. The molecular weight excluding hydrogens is 254 g/mol. The Morgan fingerprint density at radius 1 is 1.63 bits per heavy atom. The lowest BCUT2D eigenvalue weighted by atomic mass is 9.91. The van der Waals surface area contributed by atoms with Crippen LogP contribution in [0.2, 0.25) is 0 Å². The number of H-pyrrole nitrogens is 1. The van der Waals surface area contributed by atoms with Crippen LogP contribution in [0.15, 0.2) is 17.1 Å². The Bertz CT molecular complexity index is 519. The molecule has 0 unspecified atom stereocenters. The Morgan fingerprint density at radius 2 is 2.32 bits per heavy atom. The maximum atomic E-state index is 11.8. The van der Waals surface area contributed by atoms with E-state index in [1.807, 2.05) is 0 Å². The molecule has 0 radical (unpaired) electrons. The molecule has 106 valence electrons. The van der Waals surface area contributed by atoms with Crippen LogP contribution in [-0.2, 0) is 4.74 Å². The van der Waals surface area contributed by atoms with Gasteiger partial charge in [-0.25, -0.2) is 0 Å². The number of anilines is 1. The maximum Gasteiger partial charge on any atom is 0.499 e. The second-order valence-corrected chi connectivity index (χ2v) is 4.61. The Morgan fingerprint density at radius 3 is 2.84 bits per heavy atom. The van der Waals surface area contributed by atoms with Crippen molar-refractivity contribution in [2.24, 2.45) is 0 Å². The molecule has 0 bridgehead atoms. The van der Waals surface area contributed by atoms with Gasteiger partial charge in [-0.2, -0.15) is 14.3 Å². The summed E-state index contributed by atoms with van der Waals surface area (Å²) in [5, 5.41) is 29.6. The number of ether oxygens (including phenoxy) is 1. The first-order valence-corrected chi connectivity index (χ1v) is 6.00. The number of aliphatic hydroxyl groups is 3. The van der Waals surface area contributed by atoms with Crippen molar-refractivity contribution >= 4 is 5.82 Å². The number of aliphatic hydroxyl groups excluding tert-OH is 2. The van der Waals surface area contributed by atoms with Crippen LogP contribution in [0.4, 0.5) is 5.82 Å². The van der Waals surface area contributed by atoms with Gasteiger partial charge in [0, 0.05) is 6.07 Å². The van der Waals surface area contributed by atoms with E-state index in [1.54, 1.807) is 6.92 Å². The number of nitrogen functional groups attached to an aromatic ring is 1. The highest BCUT2D eigenvalue weighted by Crippen LogP contribution is 2.37. The molecule has 2 heterocycles. The van der Waals surface area contributed by atoms with Crippen molar-refractivity contribution in [1.29, 1.82) is 0 Å². The van der Waals surface area contributed by atoms with E-state index in [9.17, 15) is 15.0 Å². The van der Waals surface area contributed by atoms with Crippen LogP contribution >= 0.6 is 0 Å². The van der Waals surface area contributed by atoms with Crippen LogP contribution in [0.5, 0.6) is 0 Å². The molecule has 6 N–H and O–H groups in total. The normalized spacial score (nSPS) is 34.6. The van der Waals surface area contributed by atoms with Gasteiger partial charge in [0.25, 0.3) is 0 Å². The van der Waals surface area contributed by atoms with Gasteiger partial charge in [-0.3, -0.25) is 0 Å². The largest absolute Gasteiger partial charge is 0.499 e. The van der Waals surface area contributed by atoms with Gasteiger partial charge < -0.3 is 25.8 Å². The maximum absolute atomic E-state index is 11.8. The molecule has 19 heavy (non-hydrogen) atoms. The number of nitrogens with zero attached hydrogens (tertiary/aromatic N) is 1. The van der Waals surface area contributed by atoms with Crippen LogP contribution in [0.1, 0.15) is 19.6 Å². The van der Waals surface area contributed by atoms with Crippen molar-refractivity contribution in [3.63, 3.8) is 0 Å². The summed E-state index contributed by atoms with van der Waals surface area (Å²) in [4.78, 5) is 14.2. The van der Waals surface area contributed by atoms with Crippen LogP contribution in [0.3, 0.4) is 0 Å². The van der Waals surface area contributed by atoms with E-state index in [2.05, 4.69) is 4.98 Å². The molecule has 0 aliphatic carbocycles. The number of nitrogens with two attached hydrogens (primary N) is 1. The van der Waals surface area contributed by atoms with Gasteiger partial charge in [0.05, 0.1) is 6.61 Å². The summed E-state index contributed by atoms with van der Waals surface area (Å²) >= 11 is 0. The third-order valence-corrected chi connectivity index (χ3v) is 3.50. The molecular formula is C11H18N3O5+. The van der Waals surface area contributed by atoms with Gasteiger partial charge in [0.15, 0.2) is 11.4 Å². The first-order valence-electron chi connectivity index (χ1n) is 6.00. The monoisotopic (exact) mass is 272 g/mol. The third-order valence-electron chi connectivity index (χ3n) is 3.50. The van der Waals surface area contributed by atoms with E-state index in [-0.39, 0.29) is 12.2 Å². The summed E-state index contributed by atoms with van der Waals surface area (Å²) in [5.41, 5.74) is 3.23. The number of aromatic amines is 1. The lowest BCUT2D eigenvalue weighted by molar-refractivity contribution is -0.786. The Balaban J connectivity index is 2.45. The lowest BCUT2D eigenvalue weighted by Gasteiger charge is -2.27. The predicted octanol–water partition coefficient (Wildman–Crippen LogP) is -2.36. The summed E-state index contributed by atoms with van der Waals surface area (Å²) in [6.45, 7) is 1.21. The predicted molar refractivity (Wildman–Crippen MR) is 63.9 cm³/mol. The zero-order chi connectivity index (χ0) is 14.2. The van der Waals surface area contributed by atoms with Crippen molar-refractivity contribution in [3.05, 3.63) is 22.7 Å². The smallest absolute Gasteiger partial charge is 0.394 e. The number of nitrogens with one attached hydrogen (secondary N) is 1. The van der Waals surface area contributed by atoms with E-state index in [1.165, 1.54) is 12.3 Å². The number of hydrogen-bond donors (Lipinski definition) is 5. The molecule has 1 aromatic heterocycles. The van der Waals surface area contributed by atoms with Crippen molar-refractivity contribution < 1.29 is 24.6 Å². The zero-order valence-electron chi connectivity index (χ0n) is 10.5. The van der Waals surface area contributed by atoms with Crippen molar-refractivity contribution in [3.8, 4) is 0 Å². The molecule has 0 saturated carbocycles. The Hall–Kier alpha value is -1.48. The fraction of sp³-hybridized carbons (Fsp3) is 0.636. The molecule has 0 spiro atoms. The van der Waals surface area contributed by atoms with Gasteiger partial charge in [0.2, 0.25) is 6.23 Å². The minimum absolute atomic E-state index is 0.159. The van der Waals surface area contributed by atoms with Crippen molar-refractivity contribution in [2.75, 3.05) is 12.3 Å². The van der Waals surface area contributed by atoms with Gasteiger partial charge >= 0.3 is 5.69 Å². The third kappa shape index (κ3) is 2.12. The summed E-state index contributed by atoms with van der Waals surface area (Å²) in [6.07, 6.45) is -1.79. The van der Waals surface area contributed by atoms with Crippen LogP contribution in [0.25, 0.3) is 0 Å². The highest BCUT2D eigenvalue weighted by Gasteiger charge is 2.57. The van der Waals surface area contributed by atoms with Crippen LogP contribution in [-0.4, -0.2) is 44.7 Å². The van der Waals surface area contributed by atoms with E-state index in [0.29, 0.717) is 0 Å². The molecule has 1 saturated heterocycles. The average Bonchev–Trinajstić information content (AvgIpc) is 2.63. The molecule has 0 aromatic carbocycles. The molecule has 1 aliphatic rings. The molecule has 8 nitrogen and oxygen atoms in total. The summed E-state index contributed by atoms with van der Waals surface area (Å²) < 4.78 is 6.50. The molecule has 8 heteroatoms. The fourth-order valence-electron chi connectivity index (χ4n) is 2.30. The molecule has 0 amide bonds. The molecule has 2 rings (SSSR count). The van der Waals surface area contributed by atoms with Gasteiger partial charge in [-0.1, -0.05) is 6.92 Å². The lowest BCUT2D eigenvalue weighted by Crippen LogP contribution is -2.62. The highest BCUT2D eigenvalue weighted by atomic mass is 16.6. The summed E-state index contributed by atoms with van der Waals surface area (Å²) in [7, 11) is 0. The topological polar surface area (TPSA) is 133 Å². The minimum Gasteiger partial charge on any atom is -0.394 e. The van der Waals surface area contributed by atoms with E-state index in [4.69, 9.17) is 15.6 Å². The van der Waals surface area contributed by atoms with Crippen molar-refractivity contribution in [1.82, 2.24) is 4.98 Å². The minimum atomic E-state index is -1.65. The van der Waals surface area contributed by atoms with Crippen molar-refractivity contribution in [2.45, 2.75) is 37.4 Å². The molecule has 1 aliphatic heterocycles. The summed E-state index contributed by atoms with van der Waals surface area (Å²) in [6, 6.07) is 1.44. The van der Waals surface area contributed by atoms with Crippen LogP contribution in [0, 0.1) is 0 Å². The number of hydrogen-bond acceptors (Lipinski definition) is 6. The SMILES string of the molecule is CC[C@]1(O)[C@H](O)[C@@H](CO)O[C@H]1[n+]1ccc(N)[nH]c1=O. The van der Waals surface area contributed by atoms with Gasteiger partial charge in [-0.05, 0) is 6.42 Å². The second-order valence-electron chi connectivity index (χ2n) is 4.61. The second kappa shape index (κ2) is 4.89. The molecule has 1 fully saturated rings.